The summed E-state index contributed by atoms with van der Waals surface area (Å²) in [6, 6.07) is 2.60. The van der Waals surface area contributed by atoms with E-state index in [-0.39, 0.29) is 5.76 Å². The van der Waals surface area contributed by atoms with Crippen LogP contribution in [0.2, 0.25) is 0 Å². The van der Waals surface area contributed by atoms with Gasteiger partial charge in [0.2, 0.25) is 0 Å². The van der Waals surface area contributed by atoms with E-state index in [0.717, 1.165) is 0 Å². The maximum atomic E-state index is 11.2. The number of rotatable bonds is 1. The molecule has 1 aromatic heterocycles. The maximum absolute atomic E-state index is 11.2. The molecule has 0 spiro atoms. The number of nitrogens with one attached hydrogen (secondary N) is 2. The normalized spacial score (nSPS) is 9.38. The lowest BCUT2D eigenvalue weighted by Crippen LogP contribution is -2.37. The highest BCUT2D eigenvalue weighted by atomic mass is 16.3. The van der Waals surface area contributed by atoms with Gasteiger partial charge in [0, 0.05) is 7.05 Å². The summed E-state index contributed by atoms with van der Waals surface area (Å²) >= 11 is 0. The van der Waals surface area contributed by atoms with Gasteiger partial charge in [-0.15, -0.1) is 0 Å². The summed E-state index contributed by atoms with van der Waals surface area (Å²) in [7, 11) is 1.43. The van der Waals surface area contributed by atoms with Gasteiger partial charge in [0.15, 0.2) is 5.76 Å². The summed E-state index contributed by atoms with van der Waals surface area (Å²) < 4.78 is 5.00. The molecule has 13 heavy (non-hydrogen) atoms. The molecule has 0 unspecified atom stereocenters. The first kappa shape index (κ1) is 9.31. The van der Waals surface area contributed by atoms with Gasteiger partial charge in [-0.25, -0.2) is 4.79 Å². The topological polar surface area (TPSA) is 71.3 Å². The highest BCUT2D eigenvalue weighted by Crippen LogP contribution is 2.05. The highest BCUT2D eigenvalue weighted by Gasteiger charge is 2.11. The Labute approximate surface area is 75.1 Å². The van der Waals surface area contributed by atoms with Crippen molar-refractivity contribution in [2.24, 2.45) is 0 Å². The summed E-state index contributed by atoms with van der Waals surface area (Å²) in [5.74, 6) is 0.204. The van der Waals surface area contributed by atoms with Crippen LogP contribution in [0.1, 0.15) is 16.3 Å². The Balaban J connectivity index is 2.64. The first-order valence-electron chi connectivity index (χ1n) is 3.73. The van der Waals surface area contributed by atoms with Crippen LogP contribution >= 0.6 is 0 Å². The second-order valence-electron chi connectivity index (χ2n) is 2.44. The molecule has 70 valence electrons. The number of carbonyl (C=O) groups excluding carboxylic acids is 2. The third kappa shape index (κ3) is 2.33. The lowest BCUT2D eigenvalue weighted by atomic mass is 10.4. The smallest absolute Gasteiger partial charge is 0.321 e. The van der Waals surface area contributed by atoms with Gasteiger partial charge in [0.1, 0.15) is 5.76 Å². The SMILES string of the molecule is CNC(=O)NC(=O)c1ccc(C)o1. The Kier molecular flexibility index (Phi) is 2.69. The van der Waals surface area contributed by atoms with Gasteiger partial charge in [0.25, 0.3) is 5.91 Å². The first-order chi connectivity index (χ1) is 6.13. The number of hydrogen-bond donors (Lipinski definition) is 2. The summed E-state index contributed by atoms with van der Waals surface area (Å²) in [4.78, 5) is 21.9. The minimum atomic E-state index is -0.556. The van der Waals surface area contributed by atoms with Crippen LogP contribution in [0.15, 0.2) is 16.5 Å². The Bertz CT molecular complexity index is 330. The Morgan fingerprint density at radius 3 is 2.54 bits per heavy atom. The van der Waals surface area contributed by atoms with E-state index < -0.39 is 11.9 Å². The molecule has 0 aromatic carbocycles. The summed E-state index contributed by atoms with van der Waals surface area (Å²) in [5, 5.41) is 4.34. The fourth-order valence-electron chi connectivity index (χ4n) is 0.784. The largest absolute Gasteiger partial charge is 0.456 e. The van der Waals surface area contributed by atoms with Gasteiger partial charge in [0.05, 0.1) is 0 Å². The Hall–Kier alpha value is -1.78. The van der Waals surface area contributed by atoms with E-state index in [2.05, 4.69) is 10.6 Å². The van der Waals surface area contributed by atoms with E-state index in [0.29, 0.717) is 5.76 Å². The molecule has 0 aliphatic rings. The van der Waals surface area contributed by atoms with Crippen molar-refractivity contribution in [3.63, 3.8) is 0 Å². The summed E-state index contributed by atoms with van der Waals surface area (Å²) in [6.07, 6.45) is 0. The highest BCUT2D eigenvalue weighted by molar-refractivity contribution is 6.02. The molecule has 1 heterocycles. The van der Waals surface area contributed by atoms with Crippen LogP contribution in [0, 0.1) is 6.92 Å². The zero-order valence-corrected chi connectivity index (χ0v) is 7.38. The minimum absolute atomic E-state index is 0.126. The van der Waals surface area contributed by atoms with E-state index in [4.69, 9.17) is 4.42 Å². The summed E-state index contributed by atoms with van der Waals surface area (Å²) in [6.45, 7) is 1.72. The van der Waals surface area contributed by atoms with E-state index in [1.54, 1.807) is 13.0 Å². The number of amides is 3. The van der Waals surface area contributed by atoms with Crippen LogP contribution in [-0.4, -0.2) is 19.0 Å². The number of aryl methyl sites for hydroxylation is 1. The standard InChI is InChI=1S/C8H10N2O3/c1-5-3-4-6(13-5)7(11)10-8(12)9-2/h3-4H,1-2H3,(H2,9,10,11,12). The van der Waals surface area contributed by atoms with Crippen LogP contribution in [0.4, 0.5) is 4.79 Å². The van der Waals surface area contributed by atoms with Crippen LogP contribution in [0.3, 0.4) is 0 Å². The van der Waals surface area contributed by atoms with Gasteiger partial charge < -0.3 is 9.73 Å². The second kappa shape index (κ2) is 3.75. The van der Waals surface area contributed by atoms with Crippen LogP contribution < -0.4 is 10.6 Å². The molecule has 0 bridgehead atoms. The van der Waals surface area contributed by atoms with Crippen LogP contribution in [0.25, 0.3) is 0 Å². The third-order valence-electron chi connectivity index (χ3n) is 1.42. The molecular weight excluding hydrogens is 172 g/mol. The summed E-state index contributed by atoms with van der Waals surface area (Å²) in [5.41, 5.74) is 0. The van der Waals surface area contributed by atoms with Gasteiger partial charge in [-0.2, -0.15) is 0 Å². The molecule has 5 heteroatoms. The van der Waals surface area contributed by atoms with Crippen LogP contribution in [0.5, 0.6) is 0 Å². The van der Waals surface area contributed by atoms with E-state index in [1.807, 2.05) is 0 Å². The maximum Gasteiger partial charge on any atom is 0.321 e. The zero-order chi connectivity index (χ0) is 9.84. The zero-order valence-electron chi connectivity index (χ0n) is 7.38. The predicted molar refractivity (Wildman–Crippen MR) is 45.4 cm³/mol. The number of furan rings is 1. The molecule has 1 aromatic rings. The molecule has 0 fully saturated rings. The monoisotopic (exact) mass is 182 g/mol. The van der Waals surface area contributed by atoms with Crippen molar-refractivity contribution in [3.05, 3.63) is 23.7 Å². The lowest BCUT2D eigenvalue weighted by molar-refractivity contribution is 0.0936. The molecule has 2 N–H and O–H groups in total. The quantitative estimate of drug-likeness (QED) is 0.670. The van der Waals surface area contributed by atoms with Crippen LogP contribution in [-0.2, 0) is 0 Å². The predicted octanol–water partition coefficient (Wildman–Crippen LogP) is 0.657. The minimum Gasteiger partial charge on any atom is -0.456 e. The third-order valence-corrected chi connectivity index (χ3v) is 1.42. The molecule has 0 radical (unpaired) electrons. The number of imide groups is 1. The molecule has 0 saturated heterocycles. The van der Waals surface area contributed by atoms with Crippen molar-refractivity contribution < 1.29 is 14.0 Å². The lowest BCUT2D eigenvalue weighted by Gasteiger charge is -1.99. The fourth-order valence-corrected chi connectivity index (χ4v) is 0.784. The van der Waals surface area contributed by atoms with Crippen molar-refractivity contribution in [3.8, 4) is 0 Å². The van der Waals surface area contributed by atoms with Gasteiger partial charge in [-0.1, -0.05) is 0 Å². The molecule has 1 rings (SSSR count). The molecule has 0 aliphatic heterocycles. The van der Waals surface area contributed by atoms with Crippen molar-refractivity contribution in [2.75, 3.05) is 7.05 Å². The van der Waals surface area contributed by atoms with Crippen molar-refractivity contribution in [1.82, 2.24) is 10.6 Å². The van der Waals surface area contributed by atoms with E-state index in [1.165, 1.54) is 13.1 Å². The molecule has 0 aliphatic carbocycles. The Morgan fingerprint density at radius 1 is 1.38 bits per heavy atom. The molecular formula is C8H10N2O3. The van der Waals surface area contributed by atoms with Crippen molar-refractivity contribution in [1.29, 1.82) is 0 Å². The van der Waals surface area contributed by atoms with Crippen molar-refractivity contribution >= 4 is 11.9 Å². The van der Waals surface area contributed by atoms with Gasteiger partial charge in [-0.3, -0.25) is 10.1 Å². The fraction of sp³-hybridized carbons (Fsp3) is 0.250. The average Bonchev–Trinajstić information content (AvgIpc) is 2.51. The van der Waals surface area contributed by atoms with Gasteiger partial charge in [-0.05, 0) is 19.1 Å². The van der Waals surface area contributed by atoms with Crippen molar-refractivity contribution in [2.45, 2.75) is 6.92 Å². The second-order valence-corrected chi connectivity index (χ2v) is 2.44. The number of hydrogen-bond acceptors (Lipinski definition) is 3. The average molecular weight is 182 g/mol. The molecule has 3 amide bonds. The number of urea groups is 1. The van der Waals surface area contributed by atoms with E-state index in [9.17, 15) is 9.59 Å². The molecule has 5 nitrogen and oxygen atoms in total. The molecule has 0 atom stereocenters. The van der Waals surface area contributed by atoms with Gasteiger partial charge >= 0.3 is 6.03 Å². The molecule has 0 saturated carbocycles. The first-order valence-corrected chi connectivity index (χ1v) is 3.73. The number of carbonyl (C=O) groups is 2. The van der Waals surface area contributed by atoms with E-state index >= 15 is 0 Å². The Morgan fingerprint density at radius 2 is 2.08 bits per heavy atom.